The molecule has 56 heavy (non-hydrogen) atoms. The van der Waals surface area contributed by atoms with E-state index < -0.39 is 11.6 Å². The largest absolute Gasteiger partial charge is 0.493 e. The third kappa shape index (κ3) is 7.59. The van der Waals surface area contributed by atoms with Gasteiger partial charge in [0, 0.05) is 45.1 Å². The summed E-state index contributed by atoms with van der Waals surface area (Å²) in [4.78, 5) is 18.2. The minimum Gasteiger partial charge on any atom is -0.493 e. The maximum Gasteiger partial charge on any atom is 0.341 e. The van der Waals surface area contributed by atoms with Crippen molar-refractivity contribution in [1.82, 2.24) is 0 Å². The van der Waals surface area contributed by atoms with Crippen LogP contribution < -0.4 is 28.7 Å². The Kier molecular flexibility index (Phi) is 12.1. The summed E-state index contributed by atoms with van der Waals surface area (Å²) in [6.07, 6.45) is 3.70. The van der Waals surface area contributed by atoms with Gasteiger partial charge in [-0.25, -0.2) is 4.79 Å². The molecule has 0 fully saturated rings. The first-order chi connectivity index (χ1) is 26.8. The van der Waals surface area contributed by atoms with Gasteiger partial charge in [-0.3, -0.25) is 0 Å². The van der Waals surface area contributed by atoms with E-state index in [0.29, 0.717) is 34.1 Å². The predicted octanol–water partition coefficient (Wildman–Crippen LogP) is 11.1. The summed E-state index contributed by atoms with van der Waals surface area (Å²) in [5.41, 5.74) is 4.86. The quantitative estimate of drug-likeness (QED) is 0.0699. The van der Waals surface area contributed by atoms with Crippen LogP contribution in [0.4, 0.5) is 11.4 Å². The van der Waals surface area contributed by atoms with Crippen molar-refractivity contribution in [2.75, 3.05) is 66.4 Å². The number of hydrogen-bond acceptors (Lipinski definition) is 8. The number of benzene rings is 5. The normalized spacial score (nSPS) is 15.2. The molecule has 0 radical (unpaired) electrons. The van der Waals surface area contributed by atoms with E-state index in [2.05, 4.69) is 0 Å². The molecule has 0 spiro atoms. The lowest BCUT2D eigenvalue weighted by Crippen LogP contribution is -2.23. The molecule has 6 rings (SSSR count). The summed E-state index contributed by atoms with van der Waals surface area (Å²) in [5.74, 6) is 1.34. The summed E-state index contributed by atoms with van der Waals surface area (Å²) < 4.78 is 29.2. The number of anilines is 2. The summed E-state index contributed by atoms with van der Waals surface area (Å²) in [6.45, 7) is 0. The highest BCUT2D eigenvalue weighted by molar-refractivity contribution is 6.53. The molecule has 1 aliphatic heterocycles. The molecule has 0 aromatic heterocycles. The van der Waals surface area contributed by atoms with Gasteiger partial charge in [0.05, 0.1) is 54.1 Å². The van der Waals surface area contributed by atoms with E-state index in [1.807, 2.05) is 135 Å². The second-order valence-electron chi connectivity index (χ2n) is 13.3. The summed E-state index contributed by atoms with van der Waals surface area (Å²) >= 11 is 27.4. The number of nitrogens with zero attached hydrogens (tertiary/aromatic N) is 2. The minimum atomic E-state index is -1.73. The maximum atomic E-state index is 14.2. The highest BCUT2D eigenvalue weighted by atomic mass is 35.5. The Balaban J connectivity index is 1.78. The minimum absolute atomic E-state index is 0.00259. The van der Waals surface area contributed by atoms with E-state index in [1.54, 1.807) is 28.4 Å². The summed E-state index contributed by atoms with van der Waals surface area (Å²) in [6, 6.07) is 27.1. The molecule has 12 heteroatoms. The number of cyclic esters (lactones) is 1. The zero-order chi connectivity index (χ0) is 40.5. The van der Waals surface area contributed by atoms with Crippen molar-refractivity contribution in [2.45, 2.75) is 5.60 Å². The van der Waals surface area contributed by atoms with Crippen LogP contribution in [0, 0.1) is 0 Å². The highest BCUT2D eigenvalue weighted by Crippen LogP contribution is 2.54. The molecule has 0 atom stereocenters. The van der Waals surface area contributed by atoms with Gasteiger partial charge in [0.1, 0.15) is 0 Å². The zero-order valence-corrected chi connectivity index (χ0v) is 35.1. The maximum absolute atomic E-state index is 14.2. The van der Waals surface area contributed by atoms with E-state index in [-0.39, 0.29) is 31.2 Å². The van der Waals surface area contributed by atoms with Crippen molar-refractivity contribution in [3.63, 3.8) is 0 Å². The summed E-state index contributed by atoms with van der Waals surface area (Å²) in [7, 11) is 14.2. The molecule has 0 saturated heterocycles. The molecule has 0 amide bonds. The average molecular weight is 835 g/mol. The Hall–Kier alpha value is -4.99. The average Bonchev–Trinajstić information content (AvgIpc) is 3.50. The third-order valence-electron chi connectivity index (χ3n) is 9.62. The molecule has 1 aliphatic rings. The summed E-state index contributed by atoms with van der Waals surface area (Å²) in [5, 5.41) is -0.140. The Morgan fingerprint density at radius 2 is 0.911 bits per heavy atom. The highest BCUT2D eigenvalue weighted by Gasteiger charge is 2.48. The van der Waals surface area contributed by atoms with Crippen LogP contribution in [-0.2, 0) is 10.3 Å². The molecule has 5 aromatic rings. The number of hydrogen-bond donors (Lipinski definition) is 0. The lowest BCUT2D eigenvalue weighted by atomic mass is 9.83. The Bertz CT molecular complexity index is 2230. The molecule has 8 nitrogen and oxygen atoms in total. The van der Waals surface area contributed by atoms with Gasteiger partial charge < -0.3 is 33.5 Å². The van der Waals surface area contributed by atoms with Crippen LogP contribution in [-0.4, -0.2) is 62.6 Å². The van der Waals surface area contributed by atoms with Crippen molar-refractivity contribution in [2.24, 2.45) is 0 Å². The van der Waals surface area contributed by atoms with Gasteiger partial charge in [-0.15, -0.1) is 0 Å². The van der Waals surface area contributed by atoms with Crippen LogP contribution in [0.3, 0.4) is 0 Å². The molecule has 0 saturated carbocycles. The molecule has 0 unspecified atom stereocenters. The standard InChI is InChI=1S/C44H40Cl4N2O6/c1-49(2)29-15-9-25(10-16-29)31(27-13-19-33(52-5)35(21-27)54-7)23-44(38-37(43(51)56-44)39(45)41(47)42(48)40(38)46)24-32(26-11-17-30(18-12-26)50(3)4)28-14-20-34(53-6)36(22-28)55-8/h9-24H,1-8H3. The Morgan fingerprint density at radius 3 is 1.29 bits per heavy atom. The van der Waals surface area contributed by atoms with Crippen molar-refractivity contribution in [1.29, 1.82) is 0 Å². The molecular weight excluding hydrogens is 794 g/mol. The molecule has 0 N–H and O–H groups in total. The van der Waals surface area contributed by atoms with Crippen LogP contribution in [0.25, 0.3) is 11.1 Å². The number of halogens is 4. The van der Waals surface area contributed by atoms with E-state index in [9.17, 15) is 4.79 Å². The van der Waals surface area contributed by atoms with Gasteiger partial charge in [0.15, 0.2) is 28.6 Å². The van der Waals surface area contributed by atoms with Gasteiger partial charge >= 0.3 is 5.97 Å². The van der Waals surface area contributed by atoms with E-state index in [1.165, 1.54) is 0 Å². The first-order valence-corrected chi connectivity index (χ1v) is 18.8. The van der Waals surface area contributed by atoms with Crippen molar-refractivity contribution < 1.29 is 28.5 Å². The topological polar surface area (TPSA) is 69.7 Å². The van der Waals surface area contributed by atoms with Crippen LogP contribution in [0.15, 0.2) is 97.1 Å². The molecular formula is C44H40Cl4N2O6. The van der Waals surface area contributed by atoms with Crippen molar-refractivity contribution >= 4 is 74.9 Å². The predicted molar refractivity (Wildman–Crippen MR) is 228 cm³/mol. The van der Waals surface area contributed by atoms with Crippen LogP contribution in [0.5, 0.6) is 23.0 Å². The second-order valence-corrected chi connectivity index (χ2v) is 14.8. The Morgan fingerprint density at radius 1 is 0.536 bits per heavy atom. The smallest absolute Gasteiger partial charge is 0.341 e. The van der Waals surface area contributed by atoms with Crippen molar-refractivity contribution in [3.05, 3.63) is 151 Å². The van der Waals surface area contributed by atoms with Crippen LogP contribution >= 0.6 is 46.4 Å². The number of fused-ring (bicyclic) bond motifs is 1. The van der Waals surface area contributed by atoms with Gasteiger partial charge in [-0.05, 0) is 94.1 Å². The monoisotopic (exact) mass is 832 g/mol. The molecule has 290 valence electrons. The molecule has 0 bridgehead atoms. The number of ether oxygens (including phenoxy) is 5. The van der Waals surface area contributed by atoms with Gasteiger partial charge in [-0.2, -0.15) is 0 Å². The third-order valence-corrected chi connectivity index (χ3v) is 11.4. The molecule has 5 aromatic carbocycles. The van der Waals surface area contributed by atoms with Gasteiger partial charge in [-0.1, -0.05) is 82.8 Å². The fourth-order valence-electron chi connectivity index (χ4n) is 6.67. The first kappa shape index (κ1) is 40.7. The van der Waals surface area contributed by atoms with Gasteiger partial charge in [0.25, 0.3) is 0 Å². The zero-order valence-electron chi connectivity index (χ0n) is 32.1. The molecule has 0 aliphatic carbocycles. The number of rotatable bonds is 12. The Labute approximate surface area is 347 Å². The van der Waals surface area contributed by atoms with Crippen LogP contribution in [0.1, 0.15) is 38.2 Å². The SMILES string of the molecule is COc1ccc(C(=CC2(C=C(c3ccc(N(C)C)cc3)c3ccc(OC)c(OC)c3)OC(=O)c3c(Cl)c(Cl)c(Cl)c(Cl)c32)c2ccc(N(C)C)cc2)cc1OC. The van der Waals surface area contributed by atoms with E-state index >= 15 is 0 Å². The second kappa shape index (κ2) is 16.6. The fraction of sp³-hybridized carbons (Fsp3) is 0.205. The van der Waals surface area contributed by atoms with E-state index in [4.69, 9.17) is 70.1 Å². The van der Waals surface area contributed by atoms with E-state index in [0.717, 1.165) is 33.6 Å². The molecule has 1 heterocycles. The fourth-order valence-corrected chi connectivity index (χ4v) is 7.75. The lowest BCUT2D eigenvalue weighted by Gasteiger charge is -2.28. The lowest BCUT2D eigenvalue weighted by molar-refractivity contribution is 0.0300. The van der Waals surface area contributed by atoms with Gasteiger partial charge in [0.2, 0.25) is 0 Å². The number of esters is 1. The number of carbonyl (C=O) groups excluding carboxylic acids is 1. The first-order valence-electron chi connectivity index (χ1n) is 17.3. The van der Waals surface area contributed by atoms with Crippen molar-refractivity contribution in [3.8, 4) is 23.0 Å². The number of methoxy groups -OCH3 is 4. The number of carbonyl (C=O) groups is 1. The van der Waals surface area contributed by atoms with Crippen LogP contribution in [0.2, 0.25) is 20.1 Å².